The van der Waals surface area contributed by atoms with E-state index in [1.54, 1.807) is 6.07 Å². The lowest BCUT2D eigenvalue weighted by Crippen LogP contribution is -2.27. The molecule has 0 aliphatic rings. The number of hydrogen-bond donors (Lipinski definition) is 1. The first-order chi connectivity index (χ1) is 12.9. The molecule has 0 radical (unpaired) electrons. The summed E-state index contributed by atoms with van der Waals surface area (Å²) < 4.78 is 39.9. The maximum Gasteiger partial charge on any atom is 0.416 e. The van der Waals surface area contributed by atoms with Gasteiger partial charge in [-0.15, -0.1) is 0 Å². The lowest BCUT2D eigenvalue weighted by molar-refractivity contribution is -0.138. The summed E-state index contributed by atoms with van der Waals surface area (Å²) in [5, 5.41) is 2.67. The number of halogens is 4. The molecule has 1 amide bonds. The molecule has 1 N–H and O–H groups in total. The summed E-state index contributed by atoms with van der Waals surface area (Å²) in [6.45, 7) is 10.9. The van der Waals surface area contributed by atoms with Gasteiger partial charge in [-0.1, -0.05) is 69.5 Å². The zero-order valence-electron chi connectivity index (χ0n) is 17.5. The summed E-state index contributed by atoms with van der Waals surface area (Å²) in [6.07, 6.45) is -0.0641. The Morgan fingerprint density at radius 2 is 1.75 bits per heavy atom. The lowest BCUT2D eigenvalue weighted by atomic mass is 9.75. The molecule has 2 nitrogen and oxygen atoms in total. The van der Waals surface area contributed by atoms with Gasteiger partial charge in [-0.2, -0.15) is 13.2 Å². The molecule has 1 aromatic carbocycles. The summed E-state index contributed by atoms with van der Waals surface area (Å²) in [6, 6.07) is 4.01. The maximum atomic E-state index is 13.2. The van der Waals surface area contributed by atoms with Gasteiger partial charge in [0.05, 0.1) is 5.56 Å². The van der Waals surface area contributed by atoms with Gasteiger partial charge in [0.2, 0.25) is 5.91 Å². The summed E-state index contributed by atoms with van der Waals surface area (Å²) in [4.78, 5) is 12.3. The van der Waals surface area contributed by atoms with Crippen molar-refractivity contribution >= 4 is 21.8 Å². The van der Waals surface area contributed by atoms with Gasteiger partial charge in [-0.25, -0.2) is 0 Å². The number of rotatable bonds is 9. The minimum atomic E-state index is -4.45. The number of nitrogens with one attached hydrogen (secondary N) is 1. The Morgan fingerprint density at radius 1 is 1.11 bits per heavy atom. The first-order valence-electron chi connectivity index (χ1n) is 10.0. The van der Waals surface area contributed by atoms with E-state index in [2.05, 4.69) is 55.9 Å². The standard InChI is InChI=1S/C22H33BrF3NO/c1-6-15(8-10-17(7-2)21(3,4)5)12-20(28)27-14-16-9-11-18(23)13-19(16)22(24,25)26/h9,11,13,15,17H,6-8,10,12,14H2,1-5H3,(H,27,28). The highest BCUT2D eigenvalue weighted by Gasteiger charge is 2.33. The Hall–Kier alpha value is -1.04. The molecule has 0 saturated heterocycles. The molecule has 0 spiro atoms. The number of alkyl halides is 3. The SMILES string of the molecule is CCC(CCC(CC)C(C)(C)C)CC(=O)NCc1ccc(Br)cc1C(F)(F)F. The van der Waals surface area contributed by atoms with E-state index in [0.29, 0.717) is 16.8 Å². The quantitative estimate of drug-likeness (QED) is 0.407. The predicted octanol–water partition coefficient (Wildman–Crippen LogP) is 7.35. The topological polar surface area (TPSA) is 29.1 Å². The van der Waals surface area contributed by atoms with Crippen molar-refractivity contribution < 1.29 is 18.0 Å². The van der Waals surface area contributed by atoms with Crippen molar-refractivity contribution in [2.24, 2.45) is 17.3 Å². The summed E-state index contributed by atoms with van der Waals surface area (Å²) in [5.41, 5.74) is -0.397. The van der Waals surface area contributed by atoms with Crippen molar-refractivity contribution in [1.29, 1.82) is 0 Å². The van der Waals surface area contributed by atoms with Crippen LogP contribution in [0.2, 0.25) is 0 Å². The van der Waals surface area contributed by atoms with Crippen LogP contribution in [0, 0.1) is 17.3 Å². The number of carbonyl (C=O) groups excluding carboxylic acids is 1. The molecule has 28 heavy (non-hydrogen) atoms. The van der Waals surface area contributed by atoms with Crippen molar-refractivity contribution in [3.8, 4) is 0 Å². The predicted molar refractivity (Wildman–Crippen MR) is 112 cm³/mol. The van der Waals surface area contributed by atoms with E-state index in [1.165, 1.54) is 6.07 Å². The second kappa shape index (κ2) is 10.7. The minimum absolute atomic E-state index is 0.0795. The number of benzene rings is 1. The van der Waals surface area contributed by atoms with Crippen molar-refractivity contribution in [2.45, 2.75) is 79.4 Å². The molecule has 0 aromatic heterocycles. The monoisotopic (exact) mass is 463 g/mol. The first-order valence-corrected chi connectivity index (χ1v) is 10.8. The molecule has 0 fully saturated rings. The molecule has 6 heteroatoms. The highest BCUT2D eigenvalue weighted by molar-refractivity contribution is 9.10. The molecule has 1 aromatic rings. The molecule has 0 saturated carbocycles. The fraction of sp³-hybridized carbons (Fsp3) is 0.682. The van der Waals surface area contributed by atoms with Crippen LogP contribution in [-0.4, -0.2) is 5.91 Å². The van der Waals surface area contributed by atoms with Gasteiger partial charge in [-0.3, -0.25) is 4.79 Å². The fourth-order valence-corrected chi connectivity index (χ4v) is 3.99. The van der Waals surface area contributed by atoms with Crippen LogP contribution < -0.4 is 5.32 Å². The van der Waals surface area contributed by atoms with E-state index in [9.17, 15) is 18.0 Å². The second-order valence-electron chi connectivity index (χ2n) is 8.60. The third kappa shape index (κ3) is 8.14. The van der Waals surface area contributed by atoms with Gasteiger partial charge in [0.1, 0.15) is 0 Å². The van der Waals surface area contributed by atoms with Crippen LogP contribution >= 0.6 is 15.9 Å². The molecule has 0 aliphatic carbocycles. The Bertz CT molecular complexity index is 638. The first kappa shape index (κ1) is 25.0. The van der Waals surface area contributed by atoms with Crippen molar-refractivity contribution in [3.05, 3.63) is 33.8 Å². The van der Waals surface area contributed by atoms with Crippen LogP contribution in [0.25, 0.3) is 0 Å². The molecule has 160 valence electrons. The van der Waals surface area contributed by atoms with Gasteiger partial charge in [0, 0.05) is 17.4 Å². The van der Waals surface area contributed by atoms with E-state index in [4.69, 9.17) is 0 Å². The van der Waals surface area contributed by atoms with Gasteiger partial charge in [0.15, 0.2) is 0 Å². The van der Waals surface area contributed by atoms with Crippen LogP contribution in [0.1, 0.15) is 77.8 Å². The van der Waals surface area contributed by atoms with Crippen LogP contribution in [0.15, 0.2) is 22.7 Å². The minimum Gasteiger partial charge on any atom is -0.352 e. The Balaban J connectivity index is 2.64. The van der Waals surface area contributed by atoms with Crippen LogP contribution in [0.3, 0.4) is 0 Å². The van der Waals surface area contributed by atoms with Crippen molar-refractivity contribution in [1.82, 2.24) is 5.32 Å². The molecule has 1 rings (SSSR count). The molecule has 0 aliphatic heterocycles. The smallest absolute Gasteiger partial charge is 0.352 e. The third-order valence-corrected chi connectivity index (χ3v) is 6.04. The van der Waals surface area contributed by atoms with Crippen LogP contribution in [0.5, 0.6) is 0 Å². The highest BCUT2D eigenvalue weighted by atomic mass is 79.9. The zero-order chi connectivity index (χ0) is 21.5. The average molecular weight is 464 g/mol. The van der Waals surface area contributed by atoms with Gasteiger partial charge >= 0.3 is 6.18 Å². The summed E-state index contributed by atoms with van der Waals surface area (Å²) >= 11 is 3.07. The maximum absolute atomic E-state index is 13.2. The fourth-order valence-electron chi connectivity index (χ4n) is 3.63. The number of hydrogen-bond acceptors (Lipinski definition) is 1. The highest BCUT2D eigenvalue weighted by Crippen LogP contribution is 2.35. The average Bonchev–Trinajstić information content (AvgIpc) is 2.58. The molecule has 0 heterocycles. The zero-order valence-corrected chi connectivity index (χ0v) is 19.1. The van der Waals surface area contributed by atoms with E-state index in [-0.39, 0.29) is 29.3 Å². The van der Waals surface area contributed by atoms with Crippen LogP contribution in [0.4, 0.5) is 13.2 Å². The second-order valence-corrected chi connectivity index (χ2v) is 9.52. The number of carbonyl (C=O) groups is 1. The third-order valence-electron chi connectivity index (χ3n) is 5.55. The normalized spacial score (nSPS) is 14.6. The van der Waals surface area contributed by atoms with Crippen LogP contribution in [-0.2, 0) is 17.5 Å². The van der Waals surface area contributed by atoms with Gasteiger partial charge in [0.25, 0.3) is 0 Å². The molecular weight excluding hydrogens is 431 g/mol. The Kier molecular flexibility index (Phi) is 9.51. The number of amides is 1. The largest absolute Gasteiger partial charge is 0.416 e. The molecule has 2 unspecified atom stereocenters. The van der Waals surface area contributed by atoms with Crippen molar-refractivity contribution in [2.75, 3.05) is 0 Å². The van der Waals surface area contributed by atoms with E-state index in [1.807, 2.05) is 0 Å². The van der Waals surface area contributed by atoms with E-state index >= 15 is 0 Å². The van der Waals surface area contributed by atoms with Gasteiger partial charge in [-0.05, 0) is 47.8 Å². The molecular formula is C22H33BrF3NO. The van der Waals surface area contributed by atoms with Crippen molar-refractivity contribution in [3.63, 3.8) is 0 Å². The Morgan fingerprint density at radius 3 is 2.25 bits per heavy atom. The summed E-state index contributed by atoms with van der Waals surface area (Å²) in [5.74, 6) is 0.664. The lowest BCUT2D eigenvalue weighted by Gasteiger charge is -2.31. The Labute approximate surface area is 175 Å². The summed E-state index contributed by atoms with van der Waals surface area (Å²) in [7, 11) is 0. The van der Waals surface area contributed by atoms with Gasteiger partial charge < -0.3 is 5.32 Å². The van der Waals surface area contributed by atoms with E-state index in [0.717, 1.165) is 31.7 Å². The molecule has 0 bridgehead atoms. The van der Waals surface area contributed by atoms with E-state index < -0.39 is 11.7 Å². The molecule has 2 atom stereocenters.